The van der Waals surface area contributed by atoms with Crippen molar-refractivity contribution in [2.75, 3.05) is 6.61 Å². The third-order valence-electron chi connectivity index (χ3n) is 2.96. The van der Waals surface area contributed by atoms with Crippen molar-refractivity contribution in [3.8, 4) is 0 Å². The van der Waals surface area contributed by atoms with Crippen LogP contribution >= 0.6 is 0 Å². The number of aromatic amines is 1. The summed E-state index contributed by atoms with van der Waals surface area (Å²) in [6, 6.07) is 0. The quantitative estimate of drug-likeness (QED) is 0.639. The Hall–Kier alpha value is -1.77. The minimum absolute atomic E-state index is 0.0670. The van der Waals surface area contributed by atoms with Gasteiger partial charge in [-0.05, 0) is 0 Å². The number of H-pyrrole nitrogens is 1. The van der Waals surface area contributed by atoms with Gasteiger partial charge in [0.15, 0.2) is 12.4 Å². The summed E-state index contributed by atoms with van der Waals surface area (Å²) in [4.78, 5) is 25.0. The highest BCUT2D eigenvalue weighted by molar-refractivity contribution is 5.43. The summed E-state index contributed by atoms with van der Waals surface area (Å²) in [5.41, 5.74) is -1.45. The van der Waals surface area contributed by atoms with Gasteiger partial charge in [0.2, 0.25) is 0 Å². The van der Waals surface area contributed by atoms with E-state index >= 15 is 0 Å². The first-order valence-electron chi connectivity index (χ1n) is 5.56. The van der Waals surface area contributed by atoms with Gasteiger partial charge in [-0.15, -0.1) is 0 Å². The second kappa shape index (κ2) is 5.08. The van der Waals surface area contributed by atoms with Crippen molar-refractivity contribution in [1.82, 2.24) is 9.55 Å². The van der Waals surface area contributed by atoms with Gasteiger partial charge in [-0.1, -0.05) is 12.7 Å². The fourth-order valence-electron chi connectivity index (χ4n) is 1.91. The van der Waals surface area contributed by atoms with E-state index in [0.29, 0.717) is 0 Å². The summed E-state index contributed by atoms with van der Waals surface area (Å²) >= 11 is 0. The summed E-state index contributed by atoms with van der Waals surface area (Å²) in [7, 11) is 0. The molecule has 0 amide bonds. The van der Waals surface area contributed by atoms with E-state index < -0.39 is 42.5 Å². The van der Waals surface area contributed by atoms with Crippen LogP contribution in [0.15, 0.2) is 22.4 Å². The second-order valence-corrected chi connectivity index (χ2v) is 4.14. The van der Waals surface area contributed by atoms with Gasteiger partial charge in [-0.25, -0.2) is 9.18 Å². The molecule has 1 fully saturated rings. The Bertz CT molecular complexity index is 595. The van der Waals surface area contributed by atoms with Crippen LogP contribution in [0.2, 0.25) is 0 Å². The predicted molar refractivity (Wildman–Crippen MR) is 63.3 cm³/mol. The Kier molecular flexibility index (Phi) is 3.65. The number of nitrogens with one attached hydrogen (secondary N) is 1. The molecular formula is C11H13FN2O5. The molecule has 3 N–H and O–H groups in total. The zero-order valence-corrected chi connectivity index (χ0v) is 9.82. The Labute approximate surface area is 106 Å². The van der Waals surface area contributed by atoms with E-state index in [4.69, 9.17) is 9.84 Å². The maximum Gasteiger partial charge on any atom is 0.330 e. The van der Waals surface area contributed by atoms with Crippen LogP contribution in [0.4, 0.5) is 4.39 Å². The van der Waals surface area contributed by atoms with Gasteiger partial charge in [0.05, 0.1) is 12.2 Å². The van der Waals surface area contributed by atoms with Gasteiger partial charge in [0.1, 0.15) is 12.2 Å². The molecule has 1 saturated heterocycles. The minimum atomic E-state index is -1.89. The van der Waals surface area contributed by atoms with E-state index in [1.165, 1.54) is 6.08 Å². The Morgan fingerprint density at radius 3 is 2.79 bits per heavy atom. The molecule has 0 aromatic carbocycles. The molecule has 0 radical (unpaired) electrons. The lowest BCUT2D eigenvalue weighted by Crippen LogP contribution is -2.36. The third-order valence-corrected chi connectivity index (χ3v) is 2.96. The Morgan fingerprint density at radius 2 is 2.26 bits per heavy atom. The largest absolute Gasteiger partial charge is 0.394 e. The first-order valence-corrected chi connectivity index (χ1v) is 5.56. The normalized spacial score (nSPS) is 30.5. The molecular weight excluding hydrogens is 259 g/mol. The molecule has 1 aliphatic heterocycles. The number of ether oxygens (including phenoxy) is 1. The first-order chi connectivity index (χ1) is 8.99. The molecule has 0 saturated carbocycles. The van der Waals surface area contributed by atoms with E-state index in [9.17, 15) is 19.1 Å². The number of aromatic nitrogens is 2. The van der Waals surface area contributed by atoms with Crippen molar-refractivity contribution in [2.24, 2.45) is 0 Å². The van der Waals surface area contributed by atoms with Crippen molar-refractivity contribution in [1.29, 1.82) is 0 Å². The minimum Gasteiger partial charge on any atom is -0.394 e. The van der Waals surface area contributed by atoms with E-state index in [2.05, 4.69) is 6.58 Å². The smallest absolute Gasteiger partial charge is 0.330 e. The summed E-state index contributed by atoms with van der Waals surface area (Å²) < 4.78 is 19.8. The molecule has 0 unspecified atom stereocenters. The van der Waals surface area contributed by atoms with E-state index in [-0.39, 0.29) is 5.56 Å². The zero-order valence-electron chi connectivity index (χ0n) is 9.82. The molecule has 104 valence electrons. The van der Waals surface area contributed by atoms with Gasteiger partial charge < -0.3 is 14.9 Å². The van der Waals surface area contributed by atoms with Crippen molar-refractivity contribution in [2.45, 2.75) is 24.6 Å². The lowest BCUT2D eigenvalue weighted by molar-refractivity contribution is -0.0491. The number of alkyl halides is 1. The van der Waals surface area contributed by atoms with Crippen molar-refractivity contribution < 1.29 is 19.3 Å². The van der Waals surface area contributed by atoms with Crippen molar-refractivity contribution in [3.63, 3.8) is 0 Å². The van der Waals surface area contributed by atoms with Gasteiger partial charge in [0, 0.05) is 6.20 Å². The molecule has 0 bridgehead atoms. The maximum atomic E-state index is 13.9. The monoisotopic (exact) mass is 272 g/mol. The van der Waals surface area contributed by atoms with Crippen LogP contribution in [0.25, 0.3) is 6.08 Å². The van der Waals surface area contributed by atoms with Crippen LogP contribution in [0, 0.1) is 0 Å². The zero-order chi connectivity index (χ0) is 14.2. The molecule has 19 heavy (non-hydrogen) atoms. The van der Waals surface area contributed by atoms with Crippen LogP contribution in [0.1, 0.15) is 11.8 Å². The van der Waals surface area contributed by atoms with Crippen LogP contribution in [0.3, 0.4) is 0 Å². The first kappa shape index (κ1) is 13.7. The molecule has 1 aliphatic rings. The third kappa shape index (κ3) is 2.25. The lowest BCUT2D eigenvalue weighted by atomic mass is 10.1. The van der Waals surface area contributed by atoms with Crippen molar-refractivity contribution in [3.05, 3.63) is 39.2 Å². The average molecular weight is 272 g/mol. The SMILES string of the molecule is C=Cc1cn([C@@H]2O[C@H](CO)[C@@H](O)[C@H]2F)c(=O)[nH]c1=O. The number of hydrogen-bond acceptors (Lipinski definition) is 5. The van der Waals surface area contributed by atoms with E-state index in [1.807, 2.05) is 4.98 Å². The number of hydrogen-bond donors (Lipinski definition) is 3. The molecule has 8 heteroatoms. The van der Waals surface area contributed by atoms with E-state index in [0.717, 1.165) is 10.8 Å². The van der Waals surface area contributed by atoms with Gasteiger partial charge in [-0.2, -0.15) is 0 Å². The second-order valence-electron chi connectivity index (χ2n) is 4.14. The van der Waals surface area contributed by atoms with Crippen LogP contribution in [0.5, 0.6) is 0 Å². The molecule has 0 spiro atoms. The number of rotatable bonds is 3. The standard InChI is InChI=1S/C11H13FN2O5/c1-2-5-3-14(11(18)13-9(5)17)10-7(12)8(16)6(4-15)19-10/h2-3,6-8,10,15-16H,1,4H2,(H,13,17,18)/t6-,7-,8-,10-/m1/s1. The summed E-state index contributed by atoms with van der Waals surface area (Å²) in [6.45, 7) is 2.82. The van der Waals surface area contributed by atoms with Crippen LogP contribution < -0.4 is 11.2 Å². The Balaban J connectivity index is 2.46. The van der Waals surface area contributed by atoms with Crippen LogP contribution in [-0.4, -0.2) is 44.8 Å². The molecule has 4 atom stereocenters. The number of aliphatic hydroxyl groups excluding tert-OH is 2. The molecule has 0 aliphatic carbocycles. The fraction of sp³-hybridized carbons (Fsp3) is 0.455. The topological polar surface area (TPSA) is 105 Å². The summed E-state index contributed by atoms with van der Waals surface area (Å²) in [5.74, 6) is 0. The highest BCUT2D eigenvalue weighted by atomic mass is 19.1. The average Bonchev–Trinajstić information content (AvgIpc) is 2.67. The van der Waals surface area contributed by atoms with E-state index in [1.54, 1.807) is 0 Å². The maximum absolute atomic E-state index is 13.9. The van der Waals surface area contributed by atoms with Gasteiger partial charge >= 0.3 is 5.69 Å². The Morgan fingerprint density at radius 1 is 1.58 bits per heavy atom. The number of halogens is 1. The summed E-state index contributed by atoms with van der Waals surface area (Å²) in [5, 5.41) is 18.4. The number of nitrogens with zero attached hydrogens (tertiary/aromatic N) is 1. The van der Waals surface area contributed by atoms with Crippen LogP contribution in [-0.2, 0) is 4.74 Å². The van der Waals surface area contributed by atoms with Crippen molar-refractivity contribution >= 4 is 6.08 Å². The highest BCUT2D eigenvalue weighted by Gasteiger charge is 2.45. The highest BCUT2D eigenvalue weighted by Crippen LogP contribution is 2.30. The lowest BCUT2D eigenvalue weighted by Gasteiger charge is -2.16. The predicted octanol–water partition coefficient (Wildman–Crippen LogP) is -1.23. The number of aliphatic hydroxyl groups is 2. The molecule has 2 rings (SSSR count). The molecule has 7 nitrogen and oxygen atoms in total. The molecule has 2 heterocycles. The van der Waals surface area contributed by atoms with Gasteiger partial charge in [0.25, 0.3) is 5.56 Å². The fourth-order valence-corrected chi connectivity index (χ4v) is 1.91. The summed E-state index contributed by atoms with van der Waals surface area (Å²) in [6.07, 6.45) is -3.66. The van der Waals surface area contributed by atoms with Gasteiger partial charge in [-0.3, -0.25) is 14.3 Å². The molecule has 1 aromatic rings. The molecule has 1 aromatic heterocycles.